The second-order valence-corrected chi connectivity index (χ2v) is 8.50. The van der Waals surface area contributed by atoms with Gasteiger partial charge in [-0.25, -0.2) is 15.0 Å². The maximum atomic E-state index is 6.04. The predicted octanol–water partition coefficient (Wildman–Crippen LogP) is 3.14. The van der Waals surface area contributed by atoms with E-state index in [0.717, 1.165) is 40.1 Å². The van der Waals surface area contributed by atoms with Crippen molar-refractivity contribution in [3.05, 3.63) is 30.1 Å². The molecular weight excluding hydrogens is 400 g/mol. The van der Waals surface area contributed by atoms with E-state index in [2.05, 4.69) is 60.6 Å². The van der Waals surface area contributed by atoms with Gasteiger partial charge in [-0.2, -0.15) is 5.10 Å². The van der Waals surface area contributed by atoms with E-state index in [1.54, 1.807) is 6.20 Å². The Morgan fingerprint density at radius 3 is 2.80 bits per heavy atom. The van der Waals surface area contributed by atoms with Crippen molar-refractivity contribution in [2.24, 2.45) is 0 Å². The summed E-state index contributed by atoms with van der Waals surface area (Å²) in [5.41, 5.74) is 8.40. The smallest absolute Gasteiger partial charge is 0.181 e. The van der Waals surface area contributed by atoms with Gasteiger partial charge in [-0.05, 0) is 33.3 Å². The first-order chi connectivity index (χ1) is 14.5. The van der Waals surface area contributed by atoms with Crippen LogP contribution >= 0.6 is 11.3 Å². The van der Waals surface area contributed by atoms with Gasteiger partial charge >= 0.3 is 0 Å². The zero-order chi connectivity index (χ0) is 21.0. The molecule has 11 heteroatoms. The average Bonchev–Trinajstić information content (AvgIpc) is 3.46. The molecule has 0 unspecified atom stereocenters. The number of aromatic amines is 1. The Labute approximate surface area is 177 Å². The fourth-order valence-corrected chi connectivity index (χ4v) is 4.82. The Hall–Kier alpha value is -3.34. The predicted molar refractivity (Wildman–Crippen MR) is 115 cm³/mol. The number of H-pyrrole nitrogens is 1. The maximum Gasteiger partial charge on any atom is 0.181 e. The number of hydrogen-bond acceptors (Lipinski definition) is 9. The molecule has 0 spiro atoms. The zero-order valence-corrected chi connectivity index (χ0v) is 18.0. The first-order valence-corrected chi connectivity index (χ1v) is 10.6. The molecule has 0 amide bonds. The fraction of sp³-hybridized carbons (Fsp3) is 0.368. The summed E-state index contributed by atoms with van der Waals surface area (Å²) in [6.45, 7) is 8.43. The summed E-state index contributed by atoms with van der Waals surface area (Å²) in [5, 5.41) is 16.2. The van der Waals surface area contributed by atoms with E-state index in [1.165, 1.54) is 11.3 Å². The third kappa shape index (κ3) is 2.69. The van der Waals surface area contributed by atoms with Crippen LogP contribution in [-0.4, -0.2) is 46.0 Å². The summed E-state index contributed by atoms with van der Waals surface area (Å²) in [6.07, 6.45) is 4.42. The number of aryl methyl sites for hydroxylation is 1. The molecule has 4 aromatic rings. The van der Waals surface area contributed by atoms with Crippen molar-refractivity contribution < 1.29 is 0 Å². The van der Waals surface area contributed by atoms with Crippen molar-refractivity contribution in [1.29, 1.82) is 0 Å². The number of nitrogens with zero attached hydrogens (tertiary/aromatic N) is 8. The lowest BCUT2D eigenvalue weighted by Crippen LogP contribution is -2.40. The lowest BCUT2D eigenvalue weighted by molar-refractivity contribution is 0.496. The molecule has 0 saturated heterocycles. The van der Waals surface area contributed by atoms with E-state index in [0.29, 0.717) is 16.6 Å². The Kier molecular flexibility index (Phi) is 4.28. The van der Waals surface area contributed by atoms with Crippen LogP contribution < -0.4 is 10.6 Å². The quantitative estimate of drug-likeness (QED) is 0.513. The summed E-state index contributed by atoms with van der Waals surface area (Å²) in [5.74, 6) is 3.19. The van der Waals surface area contributed by atoms with E-state index < -0.39 is 0 Å². The van der Waals surface area contributed by atoms with Gasteiger partial charge in [0, 0.05) is 12.2 Å². The molecule has 0 aromatic carbocycles. The molecule has 30 heavy (non-hydrogen) atoms. The molecule has 5 heterocycles. The van der Waals surface area contributed by atoms with Gasteiger partial charge in [0.05, 0.1) is 17.9 Å². The van der Waals surface area contributed by atoms with Gasteiger partial charge < -0.3 is 10.6 Å². The second-order valence-electron chi connectivity index (χ2n) is 7.47. The number of nitrogen functional groups attached to an aromatic ring is 1. The van der Waals surface area contributed by atoms with Crippen molar-refractivity contribution in [3.8, 4) is 27.8 Å². The summed E-state index contributed by atoms with van der Waals surface area (Å²) in [7, 11) is 0. The number of nitrogens with one attached hydrogen (secondary N) is 1. The summed E-state index contributed by atoms with van der Waals surface area (Å²) < 4.78 is 2.06. The van der Waals surface area contributed by atoms with Gasteiger partial charge in [-0.3, -0.25) is 9.67 Å². The van der Waals surface area contributed by atoms with Crippen LogP contribution in [0.4, 0.5) is 10.9 Å². The van der Waals surface area contributed by atoms with E-state index in [9.17, 15) is 0 Å². The Balaban J connectivity index is 1.73. The molecule has 1 atom stereocenters. The highest BCUT2D eigenvalue weighted by molar-refractivity contribution is 7.19. The highest BCUT2D eigenvalue weighted by Crippen LogP contribution is 2.42. The lowest BCUT2D eigenvalue weighted by atomic mass is 10.1. The van der Waals surface area contributed by atoms with Crippen molar-refractivity contribution in [2.45, 2.75) is 46.2 Å². The molecule has 0 aliphatic carbocycles. The van der Waals surface area contributed by atoms with Crippen LogP contribution in [-0.2, 0) is 0 Å². The minimum absolute atomic E-state index is 0.0834. The van der Waals surface area contributed by atoms with Crippen molar-refractivity contribution in [2.75, 3.05) is 10.6 Å². The van der Waals surface area contributed by atoms with Gasteiger partial charge in [0.25, 0.3) is 0 Å². The molecule has 4 aromatic heterocycles. The Bertz CT molecular complexity index is 1210. The highest BCUT2D eigenvalue weighted by Gasteiger charge is 2.36. The normalized spacial score (nSPS) is 15.5. The van der Waals surface area contributed by atoms with Gasteiger partial charge in [-0.1, -0.05) is 18.3 Å². The summed E-state index contributed by atoms with van der Waals surface area (Å²) in [6, 6.07) is 2.16. The van der Waals surface area contributed by atoms with Gasteiger partial charge in [0.1, 0.15) is 22.1 Å². The second kappa shape index (κ2) is 6.87. The van der Waals surface area contributed by atoms with Crippen LogP contribution in [0.15, 0.2) is 18.5 Å². The molecule has 0 bridgehead atoms. The number of anilines is 2. The first-order valence-electron chi connectivity index (χ1n) is 9.83. The van der Waals surface area contributed by atoms with Crippen LogP contribution in [0.2, 0.25) is 0 Å². The molecule has 10 nitrogen and oxygen atoms in total. The lowest BCUT2D eigenvalue weighted by Gasteiger charge is -2.39. The number of hydrogen-bond donors (Lipinski definition) is 2. The molecule has 0 fully saturated rings. The SMILES string of the molecule is CC[C@@H]1c2nnc(C)n2-c2cnc(-c3sc(N)nc3-c3ccn[nH]3)nc2N1C(C)C. The van der Waals surface area contributed by atoms with Crippen molar-refractivity contribution in [1.82, 2.24) is 39.9 Å². The van der Waals surface area contributed by atoms with E-state index in [1.807, 2.05) is 19.2 Å². The number of aromatic nitrogens is 8. The molecule has 1 aliphatic rings. The zero-order valence-electron chi connectivity index (χ0n) is 17.2. The summed E-state index contributed by atoms with van der Waals surface area (Å²) >= 11 is 1.37. The monoisotopic (exact) mass is 422 g/mol. The van der Waals surface area contributed by atoms with Crippen molar-refractivity contribution >= 4 is 22.3 Å². The van der Waals surface area contributed by atoms with E-state index >= 15 is 0 Å². The molecule has 5 rings (SSSR count). The minimum Gasteiger partial charge on any atom is -0.375 e. The third-order valence-electron chi connectivity index (χ3n) is 5.26. The minimum atomic E-state index is 0.0834. The van der Waals surface area contributed by atoms with E-state index in [4.69, 9.17) is 10.7 Å². The van der Waals surface area contributed by atoms with Crippen LogP contribution in [0.3, 0.4) is 0 Å². The highest BCUT2D eigenvalue weighted by atomic mass is 32.1. The van der Waals surface area contributed by atoms with Gasteiger partial charge in [0.2, 0.25) is 0 Å². The molecule has 0 radical (unpaired) electrons. The van der Waals surface area contributed by atoms with Crippen LogP contribution in [0.5, 0.6) is 0 Å². The van der Waals surface area contributed by atoms with Crippen LogP contribution in [0.25, 0.3) is 27.8 Å². The summed E-state index contributed by atoms with van der Waals surface area (Å²) in [4.78, 5) is 17.3. The molecule has 1 aliphatic heterocycles. The first kappa shape index (κ1) is 18.7. The Morgan fingerprint density at radius 1 is 1.27 bits per heavy atom. The molecule has 154 valence electrons. The maximum absolute atomic E-state index is 6.04. The number of nitrogens with two attached hydrogens (primary N) is 1. The van der Waals surface area contributed by atoms with Gasteiger partial charge in [-0.15, -0.1) is 10.2 Å². The largest absolute Gasteiger partial charge is 0.375 e. The van der Waals surface area contributed by atoms with Crippen LogP contribution in [0, 0.1) is 6.92 Å². The number of fused-ring (bicyclic) bond motifs is 3. The molecular formula is C19H22N10S. The standard InChI is InChI=1S/C19H22N10S/c1-5-12-18-27-25-10(4)29(18)13-8-21-16(24-17(13)28(12)9(2)3)15-14(23-19(20)30-15)11-6-7-22-26-11/h6-9,12H,5H2,1-4H3,(H2,20,23)(H,22,26)/t12-/m1/s1. The number of thiazole rings is 1. The van der Waals surface area contributed by atoms with Crippen LogP contribution in [0.1, 0.15) is 44.9 Å². The molecule has 3 N–H and O–H groups in total. The number of rotatable bonds is 4. The van der Waals surface area contributed by atoms with Crippen molar-refractivity contribution in [3.63, 3.8) is 0 Å². The Morgan fingerprint density at radius 2 is 2.10 bits per heavy atom. The van der Waals surface area contributed by atoms with Gasteiger partial charge in [0.15, 0.2) is 22.6 Å². The average molecular weight is 423 g/mol. The fourth-order valence-electron chi connectivity index (χ4n) is 4.03. The third-order valence-corrected chi connectivity index (χ3v) is 6.15. The van der Waals surface area contributed by atoms with E-state index in [-0.39, 0.29) is 12.1 Å². The molecule has 0 saturated carbocycles. The topological polar surface area (TPSA) is 127 Å².